The number of benzene rings is 2. The molecule has 0 radical (unpaired) electrons. The first-order valence-corrected chi connectivity index (χ1v) is 13.5. The van der Waals surface area contributed by atoms with Crippen molar-refractivity contribution in [2.45, 2.75) is 42.9 Å². The van der Waals surface area contributed by atoms with Crippen LogP contribution in [0.15, 0.2) is 49.4 Å². The number of aromatic nitrogens is 1. The lowest BCUT2D eigenvalue weighted by Gasteiger charge is -2.28. The van der Waals surface area contributed by atoms with Crippen molar-refractivity contribution in [1.82, 2.24) is 19.3 Å². The van der Waals surface area contributed by atoms with Gasteiger partial charge >= 0.3 is 11.9 Å². The molecule has 9 nitrogen and oxygen atoms in total. The number of sulfonamides is 1. The van der Waals surface area contributed by atoms with E-state index in [-0.39, 0.29) is 35.5 Å². The van der Waals surface area contributed by atoms with Gasteiger partial charge in [0.25, 0.3) is 10.0 Å². The molecule has 37 heavy (non-hydrogen) atoms. The lowest BCUT2D eigenvalue weighted by atomic mass is 9.85. The van der Waals surface area contributed by atoms with Crippen LogP contribution in [0.1, 0.15) is 23.1 Å². The number of nitrogens with zero attached hydrogens (tertiary/aromatic N) is 2. The number of alkyl halides is 3. The standard InChI is InChI=1S/C22H21F4N5O4S2/c23-16-7-17-18(8-19(16)37(33,34)30-20-28-11-29-36-20)35-21(32)31(17)9-13-3-1-2-12-4-5-14(6-15(12)13)27-10-22(24,25)26/h1-3,7-8,14,27,29H,4-6,9-11H2,(H,28,30). The molecule has 0 bridgehead atoms. The summed E-state index contributed by atoms with van der Waals surface area (Å²) in [6, 6.07) is 6.91. The Bertz CT molecular complexity index is 1550. The van der Waals surface area contributed by atoms with E-state index >= 15 is 0 Å². The zero-order valence-corrected chi connectivity index (χ0v) is 20.7. The second kappa shape index (κ2) is 9.78. The van der Waals surface area contributed by atoms with Crippen molar-refractivity contribution in [3.8, 4) is 0 Å². The van der Waals surface area contributed by atoms with Crippen LogP contribution in [0.3, 0.4) is 0 Å². The Kier molecular flexibility index (Phi) is 6.81. The van der Waals surface area contributed by atoms with Gasteiger partial charge in [-0.15, -0.1) is 0 Å². The Morgan fingerprint density at radius 2 is 2.08 bits per heavy atom. The number of hydrogen-bond acceptors (Lipinski definition) is 8. The number of aryl methyl sites for hydroxylation is 1. The first kappa shape index (κ1) is 25.8. The van der Waals surface area contributed by atoms with Gasteiger partial charge in [-0.05, 0) is 47.9 Å². The monoisotopic (exact) mass is 559 g/mol. The number of amidine groups is 1. The van der Waals surface area contributed by atoms with Gasteiger partial charge in [-0.3, -0.25) is 9.29 Å². The lowest BCUT2D eigenvalue weighted by Crippen LogP contribution is -2.40. The van der Waals surface area contributed by atoms with Gasteiger partial charge in [0.15, 0.2) is 10.8 Å². The van der Waals surface area contributed by atoms with E-state index in [0.717, 1.165) is 35.2 Å². The Balaban J connectivity index is 1.44. The third-order valence-corrected chi connectivity index (χ3v) is 8.37. The zero-order chi connectivity index (χ0) is 26.4. The maximum absolute atomic E-state index is 15.0. The minimum atomic E-state index is -4.34. The van der Waals surface area contributed by atoms with Crippen LogP contribution < -0.4 is 20.5 Å². The fraction of sp³-hybridized carbons (Fsp3) is 0.364. The van der Waals surface area contributed by atoms with Crippen molar-refractivity contribution in [1.29, 1.82) is 0 Å². The number of halogens is 4. The summed E-state index contributed by atoms with van der Waals surface area (Å²) >= 11 is 0.946. The number of rotatable bonds is 6. The zero-order valence-electron chi connectivity index (χ0n) is 19.1. The number of oxazole rings is 1. The van der Waals surface area contributed by atoms with E-state index < -0.39 is 39.2 Å². The predicted molar refractivity (Wildman–Crippen MR) is 129 cm³/mol. The van der Waals surface area contributed by atoms with Gasteiger partial charge in [-0.1, -0.05) is 18.2 Å². The predicted octanol–water partition coefficient (Wildman–Crippen LogP) is 2.63. The summed E-state index contributed by atoms with van der Waals surface area (Å²) in [5.41, 5.74) is 2.40. The van der Waals surface area contributed by atoms with Crippen LogP contribution >= 0.6 is 11.9 Å². The molecule has 0 saturated carbocycles. The SMILES string of the molecule is O=c1oc2cc(S(=O)(=O)NC3=NCNS3)c(F)cc2n1Cc1cccc2c1CC(NCC(F)(F)F)CC2. The van der Waals surface area contributed by atoms with Gasteiger partial charge in [-0.2, -0.15) is 13.2 Å². The van der Waals surface area contributed by atoms with Crippen molar-refractivity contribution >= 4 is 38.2 Å². The molecule has 0 amide bonds. The van der Waals surface area contributed by atoms with Gasteiger partial charge in [0, 0.05) is 18.2 Å². The number of fused-ring (bicyclic) bond motifs is 2. The van der Waals surface area contributed by atoms with Crippen LogP contribution in [-0.2, 0) is 29.4 Å². The molecule has 5 rings (SSSR count). The van der Waals surface area contributed by atoms with Crippen molar-refractivity contribution < 1.29 is 30.4 Å². The number of aliphatic imine (C=N–C) groups is 1. The van der Waals surface area contributed by atoms with Crippen molar-refractivity contribution in [3.05, 3.63) is 63.4 Å². The highest BCUT2D eigenvalue weighted by Crippen LogP contribution is 2.28. The molecule has 1 aliphatic carbocycles. The van der Waals surface area contributed by atoms with Crippen molar-refractivity contribution in [3.63, 3.8) is 0 Å². The Morgan fingerprint density at radius 1 is 1.27 bits per heavy atom. The van der Waals surface area contributed by atoms with E-state index in [0.29, 0.717) is 24.8 Å². The average Bonchev–Trinajstić information content (AvgIpc) is 3.44. The first-order valence-electron chi connectivity index (χ1n) is 11.2. The van der Waals surface area contributed by atoms with Gasteiger partial charge in [0.05, 0.1) is 18.6 Å². The highest BCUT2D eigenvalue weighted by molar-refractivity contribution is 8.13. The van der Waals surface area contributed by atoms with Crippen LogP contribution in [0.25, 0.3) is 11.1 Å². The molecule has 1 unspecified atom stereocenters. The molecule has 2 aromatic carbocycles. The lowest BCUT2D eigenvalue weighted by molar-refractivity contribution is -0.126. The van der Waals surface area contributed by atoms with Crippen molar-refractivity contribution in [2.75, 3.05) is 13.2 Å². The summed E-state index contributed by atoms with van der Waals surface area (Å²) in [5.74, 6) is -1.91. The van der Waals surface area contributed by atoms with Gasteiger partial charge in [-0.25, -0.2) is 27.3 Å². The molecule has 0 spiro atoms. The summed E-state index contributed by atoms with van der Waals surface area (Å²) in [5, 5.41) is 2.60. The number of nitrogens with one attached hydrogen (secondary N) is 3. The molecule has 0 saturated heterocycles. The average molecular weight is 560 g/mol. The Hall–Kier alpha value is -2.88. The minimum Gasteiger partial charge on any atom is -0.408 e. The highest BCUT2D eigenvalue weighted by Gasteiger charge is 2.30. The van der Waals surface area contributed by atoms with Crippen molar-refractivity contribution in [2.24, 2.45) is 4.99 Å². The summed E-state index contributed by atoms with van der Waals surface area (Å²) < 4.78 is 89.7. The maximum atomic E-state index is 15.0. The molecular formula is C22H21F4N5O4S2. The van der Waals surface area contributed by atoms with Crippen LogP contribution in [0, 0.1) is 5.82 Å². The summed E-state index contributed by atoms with van der Waals surface area (Å²) in [4.78, 5) is 15.9. The molecule has 3 aromatic rings. The molecule has 1 aliphatic heterocycles. The summed E-state index contributed by atoms with van der Waals surface area (Å²) in [7, 11) is -4.34. The van der Waals surface area contributed by atoms with Gasteiger partial charge in [0.2, 0.25) is 0 Å². The third kappa shape index (κ3) is 5.54. The van der Waals surface area contributed by atoms with Gasteiger partial charge < -0.3 is 9.73 Å². The molecule has 1 aromatic heterocycles. The van der Waals surface area contributed by atoms with E-state index in [9.17, 15) is 30.8 Å². The second-order valence-electron chi connectivity index (χ2n) is 8.67. The fourth-order valence-electron chi connectivity index (χ4n) is 4.50. The molecule has 198 valence electrons. The second-order valence-corrected chi connectivity index (χ2v) is 11.2. The topological polar surface area (TPSA) is 118 Å². The normalized spacial score (nSPS) is 18.2. The van der Waals surface area contributed by atoms with Gasteiger partial charge in [0.1, 0.15) is 17.4 Å². The highest BCUT2D eigenvalue weighted by atomic mass is 32.2. The summed E-state index contributed by atoms with van der Waals surface area (Å²) in [6.45, 7) is -0.920. The van der Waals surface area contributed by atoms with Crippen LogP contribution in [0.2, 0.25) is 0 Å². The Labute approximate surface area is 212 Å². The molecule has 0 fully saturated rings. The molecule has 2 heterocycles. The van der Waals surface area contributed by atoms with E-state index in [2.05, 4.69) is 19.8 Å². The molecule has 15 heteroatoms. The first-order chi connectivity index (χ1) is 17.5. The maximum Gasteiger partial charge on any atom is 0.420 e. The number of hydrogen-bond donors (Lipinski definition) is 3. The third-order valence-electron chi connectivity index (χ3n) is 6.19. The fourth-order valence-corrected chi connectivity index (χ4v) is 6.37. The molecule has 2 aliphatic rings. The largest absolute Gasteiger partial charge is 0.420 e. The van der Waals surface area contributed by atoms with Crippen LogP contribution in [0.5, 0.6) is 0 Å². The molecule has 1 atom stereocenters. The van der Waals surface area contributed by atoms with E-state index in [4.69, 9.17) is 4.42 Å². The molecular weight excluding hydrogens is 538 g/mol. The van der Waals surface area contributed by atoms with E-state index in [1.807, 2.05) is 6.07 Å². The van der Waals surface area contributed by atoms with Crippen LogP contribution in [-0.4, -0.2) is 43.6 Å². The van der Waals surface area contributed by atoms with E-state index in [1.165, 1.54) is 4.57 Å². The summed E-state index contributed by atoms with van der Waals surface area (Å²) in [6.07, 6.45) is -2.87. The smallest absolute Gasteiger partial charge is 0.408 e. The Morgan fingerprint density at radius 3 is 2.81 bits per heavy atom. The molecule has 3 N–H and O–H groups in total. The minimum absolute atomic E-state index is 0.0239. The van der Waals surface area contributed by atoms with E-state index in [1.54, 1.807) is 12.1 Å². The van der Waals surface area contributed by atoms with Crippen LogP contribution in [0.4, 0.5) is 17.6 Å². The quantitative estimate of drug-likeness (QED) is 0.314.